The molecule has 4 nitrogen and oxygen atoms in total. The number of ether oxygens (including phenoxy) is 1. The van der Waals surface area contributed by atoms with Gasteiger partial charge in [-0.3, -0.25) is 4.79 Å². The Morgan fingerprint density at radius 2 is 1.94 bits per heavy atom. The maximum absolute atomic E-state index is 12.6. The van der Waals surface area contributed by atoms with Crippen LogP contribution < -0.4 is 10.1 Å². The summed E-state index contributed by atoms with van der Waals surface area (Å²) in [6.07, 6.45) is 1.53. The van der Waals surface area contributed by atoms with E-state index in [0.29, 0.717) is 31.5 Å². The van der Waals surface area contributed by atoms with Gasteiger partial charge in [-0.15, -0.1) is 0 Å². The van der Waals surface area contributed by atoms with E-state index < -0.39 is 5.91 Å². The van der Waals surface area contributed by atoms with Crippen molar-refractivity contribution in [3.63, 3.8) is 0 Å². The molecular weight excluding hydrogens is 511 g/mol. The van der Waals surface area contributed by atoms with Gasteiger partial charge in [0.15, 0.2) is 0 Å². The zero-order chi connectivity index (χ0) is 23.3. The number of aryl methyl sites for hydroxylation is 1. The third-order valence-electron chi connectivity index (χ3n) is 4.88. The molecule has 0 fully saturated rings. The highest BCUT2D eigenvalue weighted by Crippen LogP contribution is 2.29. The second-order valence-electron chi connectivity index (χ2n) is 7.09. The van der Waals surface area contributed by atoms with Gasteiger partial charge in [0.2, 0.25) is 0 Å². The Morgan fingerprint density at radius 1 is 1.16 bits per heavy atom. The van der Waals surface area contributed by atoms with Crippen LogP contribution in [0, 0.1) is 25.2 Å². The summed E-state index contributed by atoms with van der Waals surface area (Å²) in [5.74, 6) is 0.140. The molecule has 1 amide bonds. The number of anilines is 1. The molecule has 3 rings (SSSR count). The summed E-state index contributed by atoms with van der Waals surface area (Å²) >= 11 is 15.6. The Morgan fingerprint density at radius 3 is 2.62 bits per heavy atom. The van der Waals surface area contributed by atoms with Crippen LogP contribution in [0.4, 0.5) is 5.69 Å². The fraction of sp³-hybridized carbons (Fsp3) is 0.120. The molecule has 0 radical (unpaired) electrons. The summed E-state index contributed by atoms with van der Waals surface area (Å²) in [4.78, 5) is 12.6. The van der Waals surface area contributed by atoms with Gasteiger partial charge in [-0.1, -0.05) is 47.5 Å². The predicted octanol–water partition coefficient (Wildman–Crippen LogP) is 7.50. The third-order valence-corrected chi connectivity index (χ3v) is 6.09. The number of hydrogen-bond acceptors (Lipinski definition) is 3. The fourth-order valence-corrected chi connectivity index (χ4v) is 3.88. The number of nitrogens with one attached hydrogen (secondary N) is 1. The first-order chi connectivity index (χ1) is 15.3. The van der Waals surface area contributed by atoms with E-state index in [2.05, 4.69) is 21.2 Å². The van der Waals surface area contributed by atoms with Crippen molar-refractivity contribution >= 4 is 56.8 Å². The summed E-state index contributed by atoms with van der Waals surface area (Å²) in [5, 5.41) is 13.4. The molecule has 0 aliphatic heterocycles. The maximum Gasteiger partial charge on any atom is 0.266 e. The van der Waals surface area contributed by atoms with Crippen LogP contribution in [0.5, 0.6) is 5.75 Å². The van der Waals surface area contributed by atoms with Gasteiger partial charge in [0, 0.05) is 21.3 Å². The molecule has 0 aliphatic carbocycles. The largest absolute Gasteiger partial charge is 0.488 e. The van der Waals surface area contributed by atoms with Gasteiger partial charge in [-0.05, 0) is 82.9 Å². The van der Waals surface area contributed by atoms with Crippen molar-refractivity contribution in [2.75, 3.05) is 5.32 Å². The minimum Gasteiger partial charge on any atom is -0.488 e. The van der Waals surface area contributed by atoms with E-state index >= 15 is 0 Å². The van der Waals surface area contributed by atoms with Crippen LogP contribution in [0.1, 0.15) is 22.3 Å². The van der Waals surface area contributed by atoms with Crippen LogP contribution >= 0.6 is 39.1 Å². The molecule has 0 spiro atoms. The van der Waals surface area contributed by atoms with Gasteiger partial charge in [0.05, 0.1) is 4.47 Å². The number of halogens is 3. The first-order valence-corrected chi connectivity index (χ1v) is 11.2. The lowest BCUT2D eigenvalue weighted by Gasteiger charge is -2.11. The zero-order valence-electron chi connectivity index (χ0n) is 17.4. The zero-order valence-corrected chi connectivity index (χ0v) is 20.5. The molecule has 0 saturated heterocycles. The molecule has 32 heavy (non-hydrogen) atoms. The van der Waals surface area contributed by atoms with Crippen LogP contribution in [0.2, 0.25) is 10.0 Å². The van der Waals surface area contributed by atoms with Crippen LogP contribution in [0.25, 0.3) is 6.08 Å². The van der Waals surface area contributed by atoms with Gasteiger partial charge in [0.25, 0.3) is 5.91 Å². The molecule has 0 bridgehead atoms. The van der Waals surface area contributed by atoms with Crippen molar-refractivity contribution in [1.29, 1.82) is 5.26 Å². The highest BCUT2D eigenvalue weighted by Gasteiger charge is 2.12. The summed E-state index contributed by atoms with van der Waals surface area (Å²) in [6, 6.07) is 18.1. The molecule has 3 aromatic rings. The number of carbonyl (C=O) groups excluding carboxylic acids is 1. The number of nitriles is 1. The van der Waals surface area contributed by atoms with Crippen molar-refractivity contribution < 1.29 is 9.53 Å². The van der Waals surface area contributed by atoms with Crippen molar-refractivity contribution in [3.05, 3.63) is 96.9 Å². The number of carbonyl (C=O) groups is 1. The monoisotopic (exact) mass is 528 g/mol. The van der Waals surface area contributed by atoms with Crippen molar-refractivity contribution in [1.82, 2.24) is 0 Å². The molecule has 0 atom stereocenters. The second kappa shape index (κ2) is 10.7. The highest BCUT2D eigenvalue weighted by molar-refractivity contribution is 9.10. The van der Waals surface area contributed by atoms with Crippen LogP contribution in [-0.2, 0) is 11.4 Å². The van der Waals surface area contributed by atoms with Gasteiger partial charge >= 0.3 is 0 Å². The first-order valence-electron chi connectivity index (χ1n) is 9.64. The second-order valence-corrected chi connectivity index (χ2v) is 8.78. The molecule has 0 saturated carbocycles. The Bertz CT molecular complexity index is 1250. The minimum atomic E-state index is -0.463. The molecule has 0 aliphatic rings. The van der Waals surface area contributed by atoms with Crippen LogP contribution in [0.15, 0.2) is 64.6 Å². The van der Waals surface area contributed by atoms with Crippen LogP contribution in [0.3, 0.4) is 0 Å². The van der Waals surface area contributed by atoms with Crippen molar-refractivity contribution in [2.45, 2.75) is 20.5 Å². The van der Waals surface area contributed by atoms with Crippen LogP contribution in [-0.4, -0.2) is 5.91 Å². The summed E-state index contributed by atoms with van der Waals surface area (Å²) in [5.41, 5.74) is 4.19. The Balaban J connectivity index is 1.74. The number of nitrogens with zero attached hydrogens (tertiary/aromatic N) is 1. The Kier molecular flexibility index (Phi) is 7.98. The average molecular weight is 530 g/mol. The molecular formula is C25H19BrCl2N2O2. The summed E-state index contributed by atoms with van der Waals surface area (Å²) in [7, 11) is 0. The fourth-order valence-electron chi connectivity index (χ4n) is 2.91. The summed E-state index contributed by atoms with van der Waals surface area (Å²) < 4.78 is 6.53. The topological polar surface area (TPSA) is 62.1 Å². The number of hydrogen-bond donors (Lipinski definition) is 1. The van der Waals surface area contributed by atoms with Crippen molar-refractivity contribution in [3.8, 4) is 11.8 Å². The number of amides is 1. The molecule has 3 aromatic carbocycles. The lowest BCUT2D eigenvalue weighted by Crippen LogP contribution is -2.14. The number of rotatable bonds is 6. The van der Waals surface area contributed by atoms with Crippen molar-refractivity contribution in [2.24, 2.45) is 0 Å². The van der Waals surface area contributed by atoms with Gasteiger partial charge < -0.3 is 10.1 Å². The van der Waals surface area contributed by atoms with E-state index in [0.717, 1.165) is 16.7 Å². The van der Waals surface area contributed by atoms with Gasteiger partial charge in [-0.2, -0.15) is 5.26 Å². The highest BCUT2D eigenvalue weighted by atomic mass is 79.9. The SMILES string of the molecule is Cc1cccc(NC(=O)/C(C#N)=C/c2ccc(OCc3ccc(Cl)cc3Cl)c(Br)c2)c1C. The molecule has 162 valence electrons. The van der Waals surface area contributed by atoms with E-state index in [1.54, 1.807) is 30.3 Å². The predicted molar refractivity (Wildman–Crippen MR) is 133 cm³/mol. The third kappa shape index (κ3) is 5.92. The van der Waals surface area contributed by atoms with E-state index in [-0.39, 0.29) is 12.2 Å². The minimum absolute atomic E-state index is 0.000537. The average Bonchev–Trinajstić information content (AvgIpc) is 2.75. The lowest BCUT2D eigenvalue weighted by atomic mass is 10.1. The molecule has 0 unspecified atom stereocenters. The first kappa shape index (κ1) is 23.9. The number of benzene rings is 3. The van der Waals surface area contributed by atoms with E-state index in [4.69, 9.17) is 27.9 Å². The Hall–Kier alpha value is -2.78. The maximum atomic E-state index is 12.6. The summed E-state index contributed by atoms with van der Waals surface area (Å²) in [6.45, 7) is 4.16. The molecule has 0 heterocycles. The molecule has 1 N–H and O–H groups in total. The standard InChI is InChI=1S/C25H19BrCl2N2O2/c1-15-4-3-5-23(16(15)2)30-25(31)19(13-29)10-17-6-9-24(21(26)11-17)32-14-18-7-8-20(27)12-22(18)28/h3-12H,14H2,1-2H3,(H,30,31)/b19-10+. The van der Waals surface area contributed by atoms with E-state index in [1.807, 2.05) is 44.2 Å². The molecule has 0 aromatic heterocycles. The Labute approximate surface area is 205 Å². The molecule has 7 heteroatoms. The van der Waals surface area contributed by atoms with Gasteiger partial charge in [-0.25, -0.2) is 0 Å². The quantitative estimate of drug-likeness (QED) is 0.265. The van der Waals surface area contributed by atoms with Gasteiger partial charge in [0.1, 0.15) is 24.0 Å². The van der Waals surface area contributed by atoms with E-state index in [1.165, 1.54) is 6.08 Å². The smallest absolute Gasteiger partial charge is 0.266 e. The normalized spacial score (nSPS) is 11.1. The lowest BCUT2D eigenvalue weighted by molar-refractivity contribution is -0.112. The van der Waals surface area contributed by atoms with E-state index in [9.17, 15) is 10.1 Å².